The van der Waals surface area contributed by atoms with Gasteiger partial charge in [-0.2, -0.15) is 0 Å². The lowest BCUT2D eigenvalue weighted by Gasteiger charge is -2.38. The summed E-state index contributed by atoms with van der Waals surface area (Å²) in [5.41, 5.74) is 1.87. The molecule has 2 aromatic rings. The average Bonchev–Trinajstić information content (AvgIpc) is 3.21. The number of aromatic nitrogens is 1. The third-order valence-electron chi connectivity index (χ3n) is 5.80. The van der Waals surface area contributed by atoms with Gasteiger partial charge in [-0.1, -0.05) is 19.3 Å². The maximum Gasteiger partial charge on any atom is 0.242 e. The standard InChI is InChI=1S/C20H27N3O3S2/c1-14-22-18-8-7-15(11-19(18)27-14)21-12-20(24)23(16-5-3-2-4-6-16)17-9-10-28(25,26)13-17/h7-8,11,16-17,21H,2-6,9-10,12-13H2,1H3. The summed E-state index contributed by atoms with van der Waals surface area (Å²) in [6.07, 6.45) is 5.96. The van der Waals surface area contributed by atoms with E-state index in [1.807, 2.05) is 30.0 Å². The number of sulfone groups is 1. The highest BCUT2D eigenvalue weighted by atomic mass is 32.2. The molecule has 1 amide bonds. The molecule has 0 radical (unpaired) electrons. The molecule has 4 rings (SSSR count). The molecule has 1 saturated carbocycles. The molecule has 28 heavy (non-hydrogen) atoms. The molecule has 6 nitrogen and oxygen atoms in total. The third-order valence-corrected chi connectivity index (χ3v) is 8.48. The van der Waals surface area contributed by atoms with E-state index in [2.05, 4.69) is 10.3 Å². The Balaban J connectivity index is 1.47. The van der Waals surface area contributed by atoms with Gasteiger partial charge < -0.3 is 10.2 Å². The van der Waals surface area contributed by atoms with Crippen LogP contribution in [0.1, 0.15) is 43.5 Å². The molecule has 8 heteroatoms. The van der Waals surface area contributed by atoms with Gasteiger partial charge in [0.05, 0.1) is 33.3 Å². The fraction of sp³-hybridized carbons (Fsp3) is 0.600. The lowest BCUT2D eigenvalue weighted by molar-refractivity contribution is -0.134. The van der Waals surface area contributed by atoms with Crippen LogP contribution < -0.4 is 5.32 Å². The van der Waals surface area contributed by atoms with E-state index in [1.54, 1.807) is 11.3 Å². The molecule has 1 atom stereocenters. The Bertz CT molecular complexity index is 964. The van der Waals surface area contributed by atoms with E-state index in [1.165, 1.54) is 6.42 Å². The van der Waals surface area contributed by atoms with Gasteiger partial charge in [-0.3, -0.25) is 4.79 Å². The molecule has 1 unspecified atom stereocenters. The van der Waals surface area contributed by atoms with Crippen LogP contribution in [0.5, 0.6) is 0 Å². The minimum Gasteiger partial charge on any atom is -0.376 e. The van der Waals surface area contributed by atoms with E-state index in [0.29, 0.717) is 6.42 Å². The Labute approximate surface area is 170 Å². The van der Waals surface area contributed by atoms with Gasteiger partial charge in [0.1, 0.15) is 0 Å². The topological polar surface area (TPSA) is 79.4 Å². The number of carbonyl (C=O) groups excluding carboxylic acids is 1. The quantitative estimate of drug-likeness (QED) is 0.801. The maximum absolute atomic E-state index is 13.1. The number of hydrogen-bond acceptors (Lipinski definition) is 6. The molecule has 2 fully saturated rings. The molecule has 1 aromatic carbocycles. The first-order valence-corrected chi connectivity index (χ1v) is 12.7. The largest absolute Gasteiger partial charge is 0.376 e. The minimum absolute atomic E-state index is 0.00887. The lowest BCUT2D eigenvalue weighted by atomic mass is 9.93. The number of nitrogens with zero attached hydrogens (tertiary/aromatic N) is 2. The molecule has 2 aliphatic rings. The first kappa shape index (κ1) is 19.6. The van der Waals surface area contributed by atoms with Crippen molar-refractivity contribution in [2.45, 2.75) is 57.5 Å². The van der Waals surface area contributed by atoms with Gasteiger partial charge in [0, 0.05) is 17.8 Å². The number of rotatable bonds is 5. The molecule has 0 bridgehead atoms. The van der Waals surface area contributed by atoms with Gasteiger partial charge in [0.15, 0.2) is 9.84 Å². The number of carbonyl (C=O) groups is 1. The predicted molar refractivity (Wildman–Crippen MR) is 114 cm³/mol. The van der Waals surface area contributed by atoms with Gasteiger partial charge in [-0.15, -0.1) is 11.3 Å². The molecular formula is C20H27N3O3S2. The van der Waals surface area contributed by atoms with Crippen LogP contribution >= 0.6 is 11.3 Å². The van der Waals surface area contributed by atoms with Crippen LogP contribution in [0.3, 0.4) is 0 Å². The monoisotopic (exact) mass is 421 g/mol. The second-order valence-electron chi connectivity index (χ2n) is 7.92. The summed E-state index contributed by atoms with van der Waals surface area (Å²) in [5, 5.41) is 4.27. The zero-order valence-corrected chi connectivity index (χ0v) is 17.8. The molecular weight excluding hydrogens is 394 g/mol. The van der Waals surface area contributed by atoms with Crippen LogP contribution in [0.4, 0.5) is 5.69 Å². The number of fused-ring (bicyclic) bond motifs is 1. The third kappa shape index (κ3) is 4.33. The fourth-order valence-electron chi connectivity index (χ4n) is 4.48. The smallest absolute Gasteiger partial charge is 0.242 e. The van der Waals surface area contributed by atoms with Crippen molar-refractivity contribution >= 4 is 43.0 Å². The van der Waals surface area contributed by atoms with E-state index < -0.39 is 9.84 Å². The Kier molecular flexibility index (Phi) is 5.60. The van der Waals surface area contributed by atoms with Crippen LogP contribution in [0.25, 0.3) is 10.2 Å². The van der Waals surface area contributed by atoms with E-state index >= 15 is 0 Å². The number of amides is 1. The van der Waals surface area contributed by atoms with Gasteiger partial charge in [-0.05, 0) is 44.4 Å². The molecule has 152 valence electrons. The highest BCUT2D eigenvalue weighted by Gasteiger charge is 2.38. The second kappa shape index (κ2) is 7.99. The zero-order chi connectivity index (χ0) is 19.7. The average molecular weight is 422 g/mol. The van der Waals surface area contributed by atoms with Crippen molar-refractivity contribution in [3.8, 4) is 0 Å². The van der Waals surface area contributed by atoms with Crippen molar-refractivity contribution in [2.24, 2.45) is 0 Å². The first-order valence-electron chi connectivity index (χ1n) is 10.0. The Morgan fingerprint density at radius 3 is 2.71 bits per heavy atom. The summed E-state index contributed by atoms with van der Waals surface area (Å²) in [7, 11) is -3.02. The number of anilines is 1. The summed E-state index contributed by atoms with van der Waals surface area (Å²) >= 11 is 1.64. The molecule has 1 aromatic heterocycles. The van der Waals surface area contributed by atoms with Gasteiger partial charge >= 0.3 is 0 Å². The van der Waals surface area contributed by atoms with E-state index in [-0.39, 0.29) is 36.0 Å². The van der Waals surface area contributed by atoms with Gasteiger partial charge in [0.25, 0.3) is 0 Å². The SMILES string of the molecule is Cc1nc2ccc(NCC(=O)N(C3CCCCC3)C3CCS(=O)(=O)C3)cc2s1. The van der Waals surface area contributed by atoms with Gasteiger partial charge in [0.2, 0.25) is 5.91 Å². The number of hydrogen-bond donors (Lipinski definition) is 1. The number of thiazole rings is 1. The van der Waals surface area contributed by atoms with E-state index in [4.69, 9.17) is 0 Å². The Morgan fingerprint density at radius 1 is 1.21 bits per heavy atom. The second-order valence-corrected chi connectivity index (χ2v) is 11.4. The molecule has 1 N–H and O–H groups in total. The summed E-state index contributed by atoms with van der Waals surface area (Å²) in [6.45, 7) is 2.18. The molecule has 2 heterocycles. The Hall–Kier alpha value is -1.67. The maximum atomic E-state index is 13.1. The van der Waals surface area contributed by atoms with Crippen LogP contribution in [-0.4, -0.2) is 54.3 Å². The predicted octanol–water partition coefficient (Wildman–Crippen LogP) is 3.37. The first-order chi connectivity index (χ1) is 13.4. The lowest BCUT2D eigenvalue weighted by Crippen LogP contribution is -2.50. The van der Waals surface area contributed by atoms with E-state index in [9.17, 15) is 13.2 Å². The van der Waals surface area contributed by atoms with Crippen LogP contribution in [0.15, 0.2) is 18.2 Å². The van der Waals surface area contributed by atoms with Crippen molar-refractivity contribution in [3.05, 3.63) is 23.2 Å². The fourth-order valence-corrected chi connectivity index (χ4v) is 7.06. The summed E-state index contributed by atoms with van der Waals surface area (Å²) < 4.78 is 25.1. The van der Waals surface area contributed by atoms with Crippen molar-refractivity contribution in [2.75, 3.05) is 23.4 Å². The highest BCUT2D eigenvalue weighted by molar-refractivity contribution is 7.91. The number of benzene rings is 1. The highest BCUT2D eigenvalue weighted by Crippen LogP contribution is 2.29. The molecule has 0 spiro atoms. The van der Waals surface area contributed by atoms with Crippen molar-refractivity contribution in [1.82, 2.24) is 9.88 Å². The van der Waals surface area contributed by atoms with Crippen molar-refractivity contribution in [1.29, 1.82) is 0 Å². The van der Waals surface area contributed by atoms with Crippen molar-refractivity contribution in [3.63, 3.8) is 0 Å². The summed E-state index contributed by atoms with van der Waals surface area (Å²) in [4.78, 5) is 19.5. The summed E-state index contributed by atoms with van der Waals surface area (Å²) in [6, 6.07) is 5.94. The van der Waals surface area contributed by atoms with Crippen molar-refractivity contribution < 1.29 is 13.2 Å². The number of nitrogens with one attached hydrogen (secondary N) is 1. The molecule has 1 saturated heterocycles. The molecule has 1 aliphatic heterocycles. The van der Waals surface area contributed by atoms with Crippen LogP contribution in [0.2, 0.25) is 0 Å². The van der Waals surface area contributed by atoms with E-state index in [0.717, 1.165) is 46.6 Å². The van der Waals surface area contributed by atoms with Gasteiger partial charge in [-0.25, -0.2) is 13.4 Å². The summed E-state index contributed by atoms with van der Waals surface area (Å²) in [5.74, 6) is 0.319. The minimum atomic E-state index is -3.02. The Morgan fingerprint density at radius 2 is 2.00 bits per heavy atom. The number of aryl methyl sites for hydroxylation is 1. The normalized spacial score (nSPS) is 22.4. The van der Waals surface area contributed by atoms with Crippen LogP contribution in [-0.2, 0) is 14.6 Å². The molecule has 1 aliphatic carbocycles. The van der Waals surface area contributed by atoms with Crippen LogP contribution in [0, 0.1) is 6.92 Å². The zero-order valence-electron chi connectivity index (χ0n) is 16.2.